The number of methoxy groups -OCH3 is 1. The van der Waals surface area contributed by atoms with Crippen LogP contribution in [0.1, 0.15) is 23.6 Å². The summed E-state index contributed by atoms with van der Waals surface area (Å²) in [7, 11) is 3.18. The lowest BCUT2D eigenvalue weighted by Crippen LogP contribution is -2.21. The molecular weight excluding hydrogens is 269 g/mol. The van der Waals surface area contributed by atoms with Crippen LogP contribution in [-0.2, 0) is 6.18 Å². The van der Waals surface area contributed by atoms with E-state index in [1.165, 1.54) is 13.2 Å². The fourth-order valence-corrected chi connectivity index (χ4v) is 2.91. The van der Waals surface area contributed by atoms with Crippen LogP contribution in [0.2, 0.25) is 0 Å². The van der Waals surface area contributed by atoms with Crippen LogP contribution in [0.3, 0.4) is 0 Å². The third-order valence-corrected chi connectivity index (χ3v) is 3.88. The van der Waals surface area contributed by atoms with Crippen LogP contribution in [-0.4, -0.2) is 32.1 Å². The molecule has 6 heteroatoms. The number of nitrogens with zero attached hydrogens (tertiary/aromatic N) is 1. The molecule has 0 bridgehead atoms. The molecule has 2 atom stereocenters. The van der Waals surface area contributed by atoms with E-state index in [0.29, 0.717) is 18.0 Å². The van der Waals surface area contributed by atoms with Gasteiger partial charge in [-0.25, -0.2) is 0 Å². The largest absolute Gasteiger partial charge is 0.496 e. The molecule has 0 aromatic heterocycles. The summed E-state index contributed by atoms with van der Waals surface area (Å²) in [5.41, 5.74) is 5.53. The highest BCUT2D eigenvalue weighted by molar-refractivity contribution is 5.45. The van der Waals surface area contributed by atoms with E-state index in [9.17, 15) is 13.2 Å². The van der Waals surface area contributed by atoms with Crippen LogP contribution in [0, 0.1) is 5.92 Å². The summed E-state index contributed by atoms with van der Waals surface area (Å²) < 4.78 is 44.1. The molecule has 112 valence electrons. The fourth-order valence-electron chi connectivity index (χ4n) is 2.91. The van der Waals surface area contributed by atoms with Crippen molar-refractivity contribution in [2.75, 3.05) is 27.2 Å². The van der Waals surface area contributed by atoms with Crippen molar-refractivity contribution in [3.05, 3.63) is 29.3 Å². The second-order valence-electron chi connectivity index (χ2n) is 5.22. The van der Waals surface area contributed by atoms with Crippen molar-refractivity contribution in [1.29, 1.82) is 0 Å². The number of rotatable bonds is 3. The van der Waals surface area contributed by atoms with Crippen molar-refractivity contribution in [2.45, 2.75) is 18.6 Å². The molecule has 0 amide bonds. The van der Waals surface area contributed by atoms with Crippen molar-refractivity contribution in [2.24, 2.45) is 11.7 Å². The molecule has 0 aliphatic carbocycles. The predicted molar refractivity (Wildman–Crippen MR) is 70.5 cm³/mol. The van der Waals surface area contributed by atoms with Crippen LogP contribution >= 0.6 is 0 Å². The molecule has 3 nitrogen and oxygen atoms in total. The van der Waals surface area contributed by atoms with Gasteiger partial charge in [0, 0.05) is 18.2 Å². The Morgan fingerprint density at radius 2 is 2.10 bits per heavy atom. The first-order valence-electron chi connectivity index (χ1n) is 6.52. The monoisotopic (exact) mass is 288 g/mol. The van der Waals surface area contributed by atoms with Crippen LogP contribution in [0.15, 0.2) is 18.2 Å². The van der Waals surface area contributed by atoms with Crippen LogP contribution in [0.25, 0.3) is 0 Å². The summed E-state index contributed by atoms with van der Waals surface area (Å²) in [5, 5.41) is 0. The maximum Gasteiger partial charge on any atom is 0.419 e. The molecule has 2 N–H and O–H groups in total. The Hall–Kier alpha value is -1.27. The minimum absolute atomic E-state index is 0.0745. The first kappa shape index (κ1) is 15.1. The number of hydrogen-bond acceptors (Lipinski definition) is 3. The Balaban J connectivity index is 2.42. The molecule has 0 spiro atoms. The minimum Gasteiger partial charge on any atom is -0.496 e. The van der Waals surface area contributed by atoms with E-state index < -0.39 is 11.7 Å². The van der Waals surface area contributed by atoms with Gasteiger partial charge in [-0.15, -0.1) is 0 Å². The summed E-state index contributed by atoms with van der Waals surface area (Å²) in [4.78, 5) is 2.04. The Bertz CT molecular complexity index is 476. The Labute approximate surface area is 116 Å². The van der Waals surface area contributed by atoms with Crippen molar-refractivity contribution in [1.82, 2.24) is 4.90 Å². The smallest absolute Gasteiger partial charge is 0.419 e. The SMILES string of the molecule is COc1c(C2CC(CN)CN2C)cccc1C(F)(F)F. The van der Waals surface area contributed by atoms with E-state index >= 15 is 0 Å². The Morgan fingerprint density at radius 1 is 1.40 bits per heavy atom. The average molecular weight is 288 g/mol. The molecule has 1 aliphatic rings. The van der Waals surface area contributed by atoms with Gasteiger partial charge >= 0.3 is 6.18 Å². The van der Waals surface area contributed by atoms with Gasteiger partial charge < -0.3 is 10.5 Å². The van der Waals surface area contributed by atoms with Gasteiger partial charge in [-0.3, -0.25) is 4.90 Å². The van der Waals surface area contributed by atoms with Gasteiger partial charge in [0.15, 0.2) is 0 Å². The average Bonchev–Trinajstić information content (AvgIpc) is 2.78. The summed E-state index contributed by atoms with van der Waals surface area (Å²) in [6, 6.07) is 4.11. The van der Waals surface area contributed by atoms with Crippen molar-refractivity contribution in [3.8, 4) is 5.75 Å². The molecule has 0 saturated carbocycles. The summed E-state index contributed by atoms with van der Waals surface area (Å²) >= 11 is 0. The molecule has 1 aliphatic heterocycles. The molecule has 1 saturated heterocycles. The number of likely N-dealkylation sites (tertiary alicyclic amines) is 1. The van der Waals surface area contributed by atoms with Crippen LogP contribution in [0.5, 0.6) is 5.75 Å². The zero-order valence-electron chi connectivity index (χ0n) is 11.6. The molecule has 1 aromatic rings. The van der Waals surface area contributed by atoms with Gasteiger partial charge in [0.05, 0.1) is 12.7 Å². The normalized spacial score (nSPS) is 24.1. The molecule has 0 radical (unpaired) electrons. The number of halogens is 3. The van der Waals surface area contributed by atoms with E-state index in [1.807, 2.05) is 11.9 Å². The zero-order valence-corrected chi connectivity index (χ0v) is 11.6. The number of ether oxygens (including phenoxy) is 1. The highest BCUT2D eigenvalue weighted by Crippen LogP contribution is 2.44. The fraction of sp³-hybridized carbons (Fsp3) is 0.571. The Kier molecular flexibility index (Phi) is 4.25. The number of hydrogen-bond donors (Lipinski definition) is 1. The van der Waals surface area contributed by atoms with E-state index in [4.69, 9.17) is 10.5 Å². The maximum atomic E-state index is 13.0. The van der Waals surface area contributed by atoms with Crippen molar-refractivity contribution >= 4 is 0 Å². The number of nitrogens with two attached hydrogens (primary N) is 1. The quantitative estimate of drug-likeness (QED) is 0.929. The highest BCUT2D eigenvalue weighted by Gasteiger charge is 2.38. The summed E-state index contributed by atoms with van der Waals surface area (Å²) in [6.45, 7) is 1.34. The van der Waals surface area contributed by atoms with Gasteiger partial charge in [-0.05, 0) is 32.0 Å². The molecule has 2 unspecified atom stereocenters. The second-order valence-corrected chi connectivity index (χ2v) is 5.22. The van der Waals surface area contributed by atoms with E-state index in [1.54, 1.807) is 6.07 Å². The first-order valence-corrected chi connectivity index (χ1v) is 6.52. The lowest BCUT2D eigenvalue weighted by molar-refractivity contribution is -0.138. The molecule has 1 heterocycles. The lowest BCUT2D eigenvalue weighted by Gasteiger charge is -2.24. The van der Waals surface area contributed by atoms with Crippen molar-refractivity contribution in [3.63, 3.8) is 0 Å². The van der Waals surface area contributed by atoms with Crippen molar-refractivity contribution < 1.29 is 17.9 Å². The van der Waals surface area contributed by atoms with E-state index in [-0.39, 0.29) is 11.8 Å². The predicted octanol–water partition coefficient (Wildman–Crippen LogP) is 2.67. The minimum atomic E-state index is -4.41. The topological polar surface area (TPSA) is 38.5 Å². The maximum absolute atomic E-state index is 13.0. The van der Waals surface area contributed by atoms with E-state index in [0.717, 1.165) is 19.0 Å². The zero-order chi connectivity index (χ0) is 14.9. The highest BCUT2D eigenvalue weighted by atomic mass is 19.4. The number of alkyl halides is 3. The Morgan fingerprint density at radius 3 is 2.60 bits per heavy atom. The molecule has 20 heavy (non-hydrogen) atoms. The second kappa shape index (κ2) is 5.61. The molecule has 2 rings (SSSR count). The first-order chi connectivity index (χ1) is 9.38. The summed E-state index contributed by atoms with van der Waals surface area (Å²) in [5.74, 6) is 0.235. The molecule has 1 fully saturated rings. The third-order valence-electron chi connectivity index (χ3n) is 3.88. The van der Waals surface area contributed by atoms with Crippen LogP contribution < -0.4 is 10.5 Å². The van der Waals surface area contributed by atoms with Gasteiger partial charge in [0.25, 0.3) is 0 Å². The van der Waals surface area contributed by atoms with Gasteiger partial charge in [0.1, 0.15) is 5.75 Å². The van der Waals surface area contributed by atoms with E-state index in [2.05, 4.69) is 0 Å². The van der Waals surface area contributed by atoms with Crippen LogP contribution in [0.4, 0.5) is 13.2 Å². The number of para-hydroxylation sites is 1. The molecule has 1 aromatic carbocycles. The standard InChI is InChI=1S/C14H19F3N2O/c1-19-8-9(7-18)6-12(19)10-4-3-5-11(13(10)20-2)14(15,16)17/h3-5,9,12H,6-8,18H2,1-2H3. The number of benzene rings is 1. The third kappa shape index (κ3) is 2.76. The van der Waals surface area contributed by atoms with Gasteiger partial charge in [-0.1, -0.05) is 12.1 Å². The van der Waals surface area contributed by atoms with Gasteiger partial charge in [0.2, 0.25) is 0 Å². The molecular formula is C14H19F3N2O. The lowest BCUT2D eigenvalue weighted by atomic mass is 9.97. The van der Waals surface area contributed by atoms with Gasteiger partial charge in [-0.2, -0.15) is 13.2 Å². The summed E-state index contributed by atoms with van der Waals surface area (Å²) in [6.07, 6.45) is -3.66.